The van der Waals surface area contributed by atoms with E-state index < -0.39 is 0 Å². The molecule has 2 aliphatic rings. The largest absolute Gasteiger partial charge is 0.352 e. The van der Waals surface area contributed by atoms with Gasteiger partial charge in [-0.3, -0.25) is 14.5 Å². The molecule has 0 bridgehead atoms. The SMILES string of the molecule is CN(C)C(=O)C1CCN(C(C(=O)NC2CC2)c2ccccc2)CC1. The molecule has 5 nitrogen and oxygen atoms in total. The van der Waals surface area contributed by atoms with Gasteiger partial charge in [-0.15, -0.1) is 0 Å². The number of nitrogens with one attached hydrogen (secondary N) is 1. The van der Waals surface area contributed by atoms with Crippen LogP contribution in [0.4, 0.5) is 0 Å². The predicted molar refractivity (Wildman–Crippen MR) is 93.3 cm³/mol. The quantitative estimate of drug-likeness (QED) is 0.896. The predicted octanol–water partition coefficient (Wildman–Crippen LogP) is 1.81. The number of amides is 2. The lowest BCUT2D eigenvalue weighted by Gasteiger charge is -2.37. The smallest absolute Gasteiger partial charge is 0.242 e. The van der Waals surface area contributed by atoms with Crippen LogP contribution in [0.1, 0.15) is 37.3 Å². The van der Waals surface area contributed by atoms with Gasteiger partial charge in [0.15, 0.2) is 0 Å². The van der Waals surface area contributed by atoms with Gasteiger partial charge in [-0.25, -0.2) is 0 Å². The molecule has 24 heavy (non-hydrogen) atoms. The van der Waals surface area contributed by atoms with Crippen LogP contribution in [0.3, 0.4) is 0 Å². The normalized spacial score (nSPS) is 20.4. The molecule has 130 valence electrons. The second kappa shape index (κ2) is 7.34. The maximum Gasteiger partial charge on any atom is 0.242 e. The van der Waals surface area contributed by atoms with E-state index in [0.717, 1.165) is 44.3 Å². The molecule has 1 saturated heterocycles. The highest BCUT2D eigenvalue weighted by molar-refractivity contribution is 5.84. The summed E-state index contributed by atoms with van der Waals surface area (Å²) in [6.07, 6.45) is 3.81. The van der Waals surface area contributed by atoms with Gasteiger partial charge >= 0.3 is 0 Å². The molecule has 0 radical (unpaired) electrons. The molecule has 1 N–H and O–H groups in total. The Labute approximate surface area is 144 Å². The highest BCUT2D eigenvalue weighted by Crippen LogP contribution is 2.29. The van der Waals surface area contributed by atoms with Crippen molar-refractivity contribution in [3.05, 3.63) is 35.9 Å². The molecule has 3 rings (SSSR count). The summed E-state index contributed by atoms with van der Waals surface area (Å²) < 4.78 is 0. The molecule has 1 unspecified atom stereocenters. The molecule has 2 fully saturated rings. The summed E-state index contributed by atoms with van der Waals surface area (Å²) in [7, 11) is 3.62. The monoisotopic (exact) mass is 329 g/mol. The summed E-state index contributed by atoms with van der Waals surface area (Å²) in [5, 5.41) is 3.15. The summed E-state index contributed by atoms with van der Waals surface area (Å²) in [4.78, 5) is 28.9. The fourth-order valence-corrected chi connectivity index (χ4v) is 3.44. The minimum atomic E-state index is -0.248. The van der Waals surface area contributed by atoms with Crippen molar-refractivity contribution >= 4 is 11.8 Å². The molecule has 1 atom stereocenters. The molecule has 2 amide bonds. The van der Waals surface area contributed by atoms with E-state index in [-0.39, 0.29) is 23.8 Å². The average molecular weight is 329 g/mol. The summed E-state index contributed by atoms with van der Waals surface area (Å²) in [5.41, 5.74) is 1.04. The van der Waals surface area contributed by atoms with Gasteiger partial charge in [0.25, 0.3) is 0 Å². The molecule has 0 aromatic heterocycles. The van der Waals surface area contributed by atoms with Crippen molar-refractivity contribution in [2.75, 3.05) is 27.2 Å². The Morgan fingerprint density at radius 3 is 2.25 bits per heavy atom. The number of piperidine rings is 1. The zero-order valence-electron chi connectivity index (χ0n) is 14.6. The molecule has 5 heteroatoms. The molecular formula is C19H27N3O2. The van der Waals surface area contributed by atoms with E-state index in [9.17, 15) is 9.59 Å². The van der Waals surface area contributed by atoms with Gasteiger partial charge in [-0.05, 0) is 44.3 Å². The van der Waals surface area contributed by atoms with Crippen LogP contribution >= 0.6 is 0 Å². The number of carbonyl (C=O) groups is 2. The highest BCUT2D eigenvalue weighted by Gasteiger charge is 2.35. The molecule has 1 aliphatic carbocycles. The maximum absolute atomic E-state index is 12.8. The fraction of sp³-hybridized carbons (Fsp3) is 0.579. The van der Waals surface area contributed by atoms with E-state index in [2.05, 4.69) is 10.2 Å². The molecule has 1 saturated carbocycles. The number of rotatable bonds is 5. The van der Waals surface area contributed by atoms with Crippen molar-refractivity contribution in [1.29, 1.82) is 0 Å². The number of hydrogen-bond donors (Lipinski definition) is 1. The number of likely N-dealkylation sites (tertiary alicyclic amines) is 1. The fourth-order valence-electron chi connectivity index (χ4n) is 3.44. The molecule has 1 aromatic rings. The van der Waals surface area contributed by atoms with Gasteiger partial charge in [0.1, 0.15) is 6.04 Å². The van der Waals surface area contributed by atoms with Crippen LogP contribution in [0.2, 0.25) is 0 Å². The number of carbonyl (C=O) groups excluding carboxylic acids is 2. The number of nitrogens with zero attached hydrogens (tertiary/aromatic N) is 2. The summed E-state index contributed by atoms with van der Waals surface area (Å²) in [6, 6.07) is 10.1. The van der Waals surface area contributed by atoms with E-state index in [1.165, 1.54) is 0 Å². The van der Waals surface area contributed by atoms with E-state index in [4.69, 9.17) is 0 Å². The van der Waals surface area contributed by atoms with Crippen molar-refractivity contribution in [3.63, 3.8) is 0 Å². The van der Waals surface area contributed by atoms with Crippen molar-refractivity contribution in [2.45, 2.75) is 37.8 Å². The van der Waals surface area contributed by atoms with Gasteiger partial charge in [-0.2, -0.15) is 0 Å². The lowest BCUT2D eigenvalue weighted by Crippen LogP contribution is -2.46. The Bertz CT molecular complexity index is 576. The zero-order valence-corrected chi connectivity index (χ0v) is 14.6. The molecule has 1 heterocycles. The third-order valence-corrected chi connectivity index (χ3v) is 4.97. The first-order valence-electron chi connectivity index (χ1n) is 8.87. The Morgan fingerprint density at radius 1 is 1.08 bits per heavy atom. The highest BCUT2D eigenvalue weighted by atomic mass is 16.2. The van der Waals surface area contributed by atoms with Crippen molar-refractivity contribution in [3.8, 4) is 0 Å². The topological polar surface area (TPSA) is 52.7 Å². The lowest BCUT2D eigenvalue weighted by molar-refractivity contribution is -0.135. The average Bonchev–Trinajstić information content (AvgIpc) is 3.40. The van der Waals surface area contributed by atoms with Crippen LogP contribution in [0.15, 0.2) is 30.3 Å². The van der Waals surface area contributed by atoms with Crippen molar-refractivity contribution in [2.24, 2.45) is 5.92 Å². The summed E-state index contributed by atoms with van der Waals surface area (Å²) in [5.74, 6) is 0.383. The van der Waals surface area contributed by atoms with Crippen LogP contribution < -0.4 is 5.32 Å². The Kier molecular flexibility index (Phi) is 5.19. The van der Waals surface area contributed by atoms with Crippen LogP contribution in [0.25, 0.3) is 0 Å². The minimum absolute atomic E-state index is 0.0826. The number of benzene rings is 1. The van der Waals surface area contributed by atoms with Crippen LogP contribution in [-0.2, 0) is 9.59 Å². The van der Waals surface area contributed by atoms with Gasteiger partial charge < -0.3 is 10.2 Å². The molecular weight excluding hydrogens is 302 g/mol. The first-order valence-corrected chi connectivity index (χ1v) is 8.87. The maximum atomic E-state index is 12.8. The van der Waals surface area contributed by atoms with Crippen LogP contribution in [0, 0.1) is 5.92 Å². The third-order valence-electron chi connectivity index (χ3n) is 4.97. The second-order valence-electron chi connectivity index (χ2n) is 7.14. The summed E-state index contributed by atoms with van der Waals surface area (Å²) >= 11 is 0. The Morgan fingerprint density at radius 2 is 1.71 bits per heavy atom. The van der Waals surface area contributed by atoms with Crippen molar-refractivity contribution in [1.82, 2.24) is 15.1 Å². The van der Waals surface area contributed by atoms with Crippen LogP contribution in [-0.4, -0.2) is 54.8 Å². The standard InChI is InChI=1S/C19H27N3O2/c1-21(2)19(24)15-10-12-22(13-11-15)17(14-6-4-3-5-7-14)18(23)20-16-8-9-16/h3-7,15-17H,8-13H2,1-2H3,(H,20,23). The van der Waals surface area contributed by atoms with E-state index >= 15 is 0 Å². The minimum Gasteiger partial charge on any atom is -0.352 e. The van der Waals surface area contributed by atoms with Crippen molar-refractivity contribution < 1.29 is 9.59 Å². The summed E-state index contributed by atoms with van der Waals surface area (Å²) in [6.45, 7) is 1.56. The zero-order chi connectivity index (χ0) is 17.1. The van der Waals surface area contributed by atoms with Gasteiger partial charge in [0.05, 0.1) is 0 Å². The van der Waals surface area contributed by atoms with E-state index in [0.29, 0.717) is 6.04 Å². The second-order valence-corrected chi connectivity index (χ2v) is 7.14. The Balaban J connectivity index is 1.70. The van der Waals surface area contributed by atoms with E-state index in [1.54, 1.807) is 4.90 Å². The first kappa shape index (κ1) is 17.0. The van der Waals surface area contributed by atoms with Gasteiger partial charge in [0.2, 0.25) is 11.8 Å². The Hall–Kier alpha value is -1.88. The van der Waals surface area contributed by atoms with Gasteiger partial charge in [0, 0.05) is 26.1 Å². The molecule has 0 spiro atoms. The third kappa shape index (κ3) is 3.96. The lowest BCUT2D eigenvalue weighted by atomic mass is 9.93. The molecule has 1 aliphatic heterocycles. The van der Waals surface area contributed by atoms with Crippen LogP contribution in [0.5, 0.6) is 0 Å². The van der Waals surface area contributed by atoms with Gasteiger partial charge in [-0.1, -0.05) is 30.3 Å². The molecule has 1 aromatic carbocycles. The number of hydrogen-bond acceptors (Lipinski definition) is 3. The van der Waals surface area contributed by atoms with E-state index in [1.807, 2.05) is 44.4 Å². The first-order chi connectivity index (χ1) is 11.6.